The van der Waals surface area contributed by atoms with Crippen molar-refractivity contribution >= 4 is 44.2 Å². The van der Waals surface area contributed by atoms with Crippen LogP contribution in [0.1, 0.15) is 0 Å². The van der Waals surface area contributed by atoms with Gasteiger partial charge in [-0.05, 0) is 22.6 Å². The first-order valence-corrected chi connectivity index (χ1v) is 5.61. The fourth-order valence-electron chi connectivity index (χ4n) is 0.223. The predicted octanol–water partition coefficient (Wildman–Crippen LogP) is 0.496. The molecule has 0 amide bonds. The zero-order valence-electron chi connectivity index (χ0n) is 4.84. The summed E-state index contributed by atoms with van der Waals surface area (Å²) in [6, 6.07) is 0. The smallest absolute Gasteiger partial charge is 0.211 e. The van der Waals surface area contributed by atoms with Crippen molar-refractivity contribution in [2.24, 2.45) is 0 Å². The molecule has 0 spiro atoms. The third-order valence-electron chi connectivity index (χ3n) is 0.573. The van der Waals surface area contributed by atoms with E-state index in [1.54, 1.807) is 22.6 Å². The van der Waals surface area contributed by atoms with E-state index in [1.165, 1.54) is 0 Å². The lowest BCUT2D eigenvalue weighted by atomic mass is 10.7. The molecule has 58 valence electrons. The van der Waals surface area contributed by atoms with Crippen LogP contribution >= 0.6 is 34.2 Å². The fourth-order valence-corrected chi connectivity index (χ4v) is 2.02. The molecule has 1 unspecified atom stereocenters. The SMILES string of the molecule is C#CC(I)NS(=O)(=O)CCl. The maximum atomic E-state index is 10.6. The molecule has 0 aromatic rings. The van der Waals surface area contributed by atoms with Gasteiger partial charge in [-0.15, -0.1) is 18.0 Å². The summed E-state index contributed by atoms with van der Waals surface area (Å²) in [6.45, 7) is 0. The number of hydrogen-bond donors (Lipinski definition) is 1. The van der Waals surface area contributed by atoms with Gasteiger partial charge in [-0.25, -0.2) is 8.42 Å². The molecule has 10 heavy (non-hydrogen) atoms. The molecule has 0 saturated heterocycles. The number of sulfonamides is 1. The maximum absolute atomic E-state index is 10.6. The molecule has 0 fully saturated rings. The van der Waals surface area contributed by atoms with E-state index in [1.807, 2.05) is 0 Å². The Morgan fingerprint density at radius 1 is 1.80 bits per heavy atom. The van der Waals surface area contributed by atoms with Crippen LogP contribution in [0.25, 0.3) is 0 Å². The highest BCUT2D eigenvalue weighted by molar-refractivity contribution is 14.1. The van der Waals surface area contributed by atoms with E-state index in [9.17, 15) is 8.42 Å². The van der Waals surface area contributed by atoms with Crippen molar-refractivity contribution in [3.05, 3.63) is 0 Å². The van der Waals surface area contributed by atoms with Crippen LogP contribution in [0.2, 0.25) is 0 Å². The molecule has 0 aliphatic heterocycles. The first kappa shape index (κ1) is 10.5. The van der Waals surface area contributed by atoms with Gasteiger partial charge in [-0.3, -0.25) is 0 Å². The van der Waals surface area contributed by atoms with Crippen LogP contribution in [0.4, 0.5) is 0 Å². The van der Waals surface area contributed by atoms with E-state index in [4.69, 9.17) is 18.0 Å². The summed E-state index contributed by atoms with van der Waals surface area (Å²) >= 11 is 6.84. The van der Waals surface area contributed by atoms with Crippen LogP contribution < -0.4 is 4.72 Å². The quantitative estimate of drug-likeness (QED) is 0.356. The molecule has 1 atom stereocenters. The molecule has 0 aliphatic rings. The maximum Gasteiger partial charge on any atom is 0.227 e. The standard InChI is InChI=1S/C4H5ClINO2S/c1-2-4(6)7-10(8,9)3-5/h1,4,7H,3H2. The van der Waals surface area contributed by atoms with E-state index in [0.29, 0.717) is 0 Å². The van der Waals surface area contributed by atoms with Gasteiger partial charge in [0.1, 0.15) is 9.26 Å². The molecule has 0 rings (SSSR count). The molecule has 3 nitrogen and oxygen atoms in total. The largest absolute Gasteiger partial charge is 0.227 e. The second kappa shape index (κ2) is 4.38. The average molecular weight is 294 g/mol. The Morgan fingerprint density at radius 2 is 2.30 bits per heavy atom. The number of halogens is 2. The summed E-state index contributed by atoms with van der Waals surface area (Å²) in [5, 5.41) is -0.464. The minimum absolute atomic E-state index is 0.464. The topological polar surface area (TPSA) is 46.2 Å². The van der Waals surface area contributed by atoms with E-state index < -0.39 is 19.3 Å². The van der Waals surface area contributed by atoms with Gasteiger partial charge in [-0.1, -0.05) is 5.92 Å². The lowest BCUT2D eigenvalue weighted by Gasteiger charge is -2.02. The zero-order valence-corrected chi connectivity index (χ0v) is 8.57. The molecule has 0 bridgehead atoms. The highest BCUT2D eigenvalue weighted by Gasteiger charge is 2.10. The summed E-state index contributed by atoms with van der Waals surface area (Å²) in [5.74, 6) is 2.19. The lowest BCUT2D eigenvalue weighted by Crippen LogP contribution is -2.29. The van der Waals surface area contributed by atoms with Crippen molar-refractivity contribution in [3.8, 4) is 12.3 Å². The predicted molar refractivity (Wildman–Crippen MR) is 49.4 cm³/mol. The van der Waals surface area contributed by atoms with Crippen LogP contribution in [0.15, 0.2) is 0 Å². The molecule has 0 aromatic heterocycles. The number of hydrogen-bond acceptors (Lipinski definition) is 2. The molecule has 0 aliphatic carbocycles. The molecular weight excluding hydrogens is 288 g/mol. The Balaban J connectivity index is 4.06. The van der Waals surface area contributed by atoms with Gasteiger partial charge in [-0.2, -0.15) is 4.72 Å². The molecule has 1 N–H and O–H groups in total. The third-order valence-corrected chi connectivity index (χ3v) is 3.41. The third kappa shape index (κ3) is 4.33. The molecular formula is C4H5ClINO2S. The van der Waals surface area contributed by atoms with Crippen molar-refractivity contribution in [3.63, 3.8) is 0 Å². The highest BCUT2D eigenvalue weighted by Crippen LogP contribution is 1.97. The summed E-state index contributed by atoms with van der Waals surface area (Å²) in [6.07, 6.45) is 4.91. The Labute approximate surface area is 78.7 Å². The van der Waals surface area contributed by atoms with Crippen molar-refractivity contribution in [2.45, 2.75) is 4.05 Å². The van der Waals surface area contributed by atoms with Gasteiger partial charge in [0.2, 0.25) is 10.0 Å². The number of alkyl halides is 2. The van der Waals surface area contributed by atoms with Crippen molar-refractivity contribution in [1.82, 2.24) is 4.72 Å². The number of terminal acetylenes is 1. The van der Waals surface area contributed by atoms with Crippen LogP contribution in [0.3, 0.4) is 0 Å². The van der Waals surface area contributed by atoms with Crippen molar-refractivity contribution < 1.29 is 8.42 Å². The first-order chi connectivity index (χ1) is 4.52. The second-order valence-electron chi connectivity index (χ2n) is 1.37. The van der Waals surface area contributed by atoms with E-state index in [0.717, 1.165) is 0 Å². The molecule has 0 radical (unpaired) electrons. The zero-order chi connectivity index (χ0) is 8.20. The molecule has 0 heterocycles. The number of rotatable bonds is 3. The van der Waals surface area contributed by atoms with Crippen LogP contribution in [-0.4, -0.2) is 17.7 Å². The second-order valence-corrected chi connectivity index (χ2v) is 4.95. The Bertz CT molecular complexity index is 232. The summed E-state index contributed by atoms with van der Waals surface area (Å²) in [7, 11) is -3.37. The summed E-state index contributed by atoms with van der Waals surface area (Å²) < 4.78 is 22.9. The fraction of sp³-hybridized carbons (Fsp3) is 0.500. The highest BCUT2D eigenvalue weighted by atomic mass is 127. The Kier molecular flexibility index (Phi) is 4.60. The van der Waals surface area contributed by atoms with Gasteiger partial charge in [0, 0.05) is 0 Å². The Hall–Kier alpha value is 0.490. The van der Waals surface area contributed by atoms with E-state index >= 15 is 0 Å². The normalized spacial score (nSPS) is 14.1. The van der Waals surface area contributed by atoms with Crippen LogP contribution in [-0.2, 0) is 10.0 Å². The average Bonchev–Trinajstić information content (AvgIpc) is 1.87. The molecule has 6 heteroatoms. The van der Waals surface area contributed by atoms with E-state index in [2.05, 4.69) is 10.6 Å². The summed E-state index contributed by atoms with van der Waals surface area (Å²) in [5.41, 5.74) is 0. The van der Waals surface area contributed by atoms with Gasteiger partial charge in [0.05, 0.1) is 0 Å². The number of nitrogens with one attached hydrogen (secondary N) is 1. The Morgan fingerprint density at radius 3 is 2.60 bits per heavy atom. The summed E-state index contributed by atoms with van der Waals surface area (Å²) in [4.78, 5) is 0. The first-order valence-electron chi connectivity index (χ1n) is 2.18. The van der Waals surface area contributed by atoms with Crippen LogP contribution in [0, 0.1) is 12.3 Å². The molecule has 0 aromatic carbocycles. The van der Waals surface area contributed by atoms with Crippen molar-refractivity contribution in [2.75, 3.05) is 5.21 Å². The monoisotopic (exact) mass is 293 g/mol. The van der Waals surface area contributed by atoms with E-state index in [-0.39, 0.29) is 0 Å². The lowest BCUT2D eigenvalue weighted by molar-refractivity contribution is 0.590. The van der Waals surface area contributed by atoms with Gasteiger partial charge in [0.15, 0.2) is 0 Å². The minimum atomic E-state index is -3.37. The van der Waals surface area contributed by atoms with Crippen molar-refractivity contribution in [1.29, 1.82) is 0 Å². The van der Waals surface area contributed by atoms with Gasteiger partial charge in [0.25, 0.3) is 0 Å². The van der Waals surface area contributed by atoms with Crippen LogP contribution in [0.5, 0.6) is 0 Å². The van der Waals surface area contributed by atoms with Gasteiger partial charge < -0.3 is 0 Å². The minimum Gasteiger partial charge on any atom is -0.211 e. The van der Waals surface area contributed by atoms with Gasteiger partial charge >= 0.3 is 0 Å². The molecule has 0 saturated carbocycles.